The van der Waals surface area contributed by atoms with Gasteiger partial charge in [0.2, 0.25) is 0 Å². The third-order valence-corrected chi connectivity index (χ3v) is 9.09. The van der Waals surface area contributed by atoms with E-state index in [1.165, 1.54) is 19.1 Å². The van der Waals surface area contributed by atoms with Crippen molar-refractivity contribution in [1.29, 1.82) is 0 Å². The summed E-state index contributed by atoms with van der Waals surface area (Å²) in [6.07, 6.45) is 0.443. The molecule has 0 bridgehead atoms. The second-order valence-electron chi connectivity index (χ2n) is 10.6. The number of esters is 1. The highest BCUT2D eigenvalue weighted by atomic mass is 19.2. The third-order valence-electron chi connectivity index (χ3n) is 9.09. The molecule has 0 amide bonds. The predicted molar refractivity (Wildman–Crippen MR) is 103 cm³/mol. The van der Waals surface area contributed by atoms with Gasteiger partial charge < -0.3 is 9.84 Å². The number of alkyl halides is 3. The molecule has 1 heterocycles. The monoisotopic (exact) mass is 440 g/mol. The van der Waals surface area contributed by atoms with Gasteiger partial charge in [-0.2, -0.15) is 4.39 Å². The van der Waals surface area contributed by atoms with Crippen molar-refractivity contribution in [3.8, 4) is 0 Å². The molecule has 8 heteroatoms. The van der Waals surface area contributed by atoms with Crippen molar-refractivity contribution in [2.24, 2.45) is 28.6 Å². The van der Waals surface area contributed by atoms with Gasteiger partial charge in [0.25, 0.3) is 0 Å². The van der Waals surface area contributed by atoms with Gasteiger partial charge in [0.1, 0.15) is 6.17 Å². The molecule has 1 saturated heterocycles. The summed E-state index contributed by atoms with van der Waals surface area (Å²) in [5.74, 6) is -3.31. The highest BCUT2D eigenvalue weighted by molar-refractivity contribution is 6.01. The fraction of sp³-hybridized carbons (Fsp3) is 0.739. The molecular formula is C23H27F3O5. The van der Waals surface area contributed by atoms with Crippen molar-refractivity contribution in [3.05, 3.63) is 23.8 Å². The minimum atomic E-state index is -2.62. The highest BCUT2D eigenvalue weighted by Gasteiger charge is 2.80. The lowest BCUT2D eigenvalue weighted by atomic mass is 9.44. The van der Waals surface area contributed by atoms with Crippen LogP contribution in [0, 0.1) is 28.6 Å². The van der Waals surface area contributed by atoms with Crippen LogP contribution in [-0.2, 0) is 19.1 Å². The number of aliphatic hydroxyl groups is 1. The van der Waals surface area contributed by atoms with Crippen LogP contribution in [0.2, 0.25) is 0 Å². The Kier molecular flexibility index (Phi) is 3.97. The zero-order valence-electron chi connectivity index (χ0n) is 18.0. The molecule has 1 N–H and O–H groups in total. The average molecular weight is 440 g/mol. The van der Waals surface area contributed by atoms with Crippen molar-refractivity contribution in [2.45, 2.75) is 76.5 Å². The molecule has 3 saturated carbocycles. The Balaban J connectivity index is 1.66. The first-order valence-corrected chi connectivity index (χ1v) is 10.8. The summed E-state index contributed by atoms with van der Waals surface area (Å²) in [5.41, 5.74) is -6.57. The first kappa shape index (κ1) is 21.2. The molecule has 170 valence electrons. The predicted octanol–water partition coefficient (Wildman–Crippen LogP) is 3.51. The molecule has 4 fully saturated rings. The maximum absolute atomic E-state index is 17.0. The molecule has 4 aliphatic carbocycles. The molecule has 31 heavy (non-hydrogen) atoms. The normalized spacial score (nSPS) is 57.9. The van der Waals surface area contributed by atoms with Crippen LogP contribution in [-0.4, -0.2) is 46.4 Å². The SMILES string of the molecule is C[C@@H]1C[C@H]2[C@@H]3C[C@H](F)C4=CC(=O)C=C[C@]4(C)[C@@]3(F)[C@@H](O)C[C@]2(C)[C@]12O[C@](C)(F)OC2=O. The van der Waals surface area contributed by atoms with Crippen LogP contribution >= 0.6 is 0 Å². The molecule has 0 aromatic rings. The van der Waals surface area contributed by atoms with Gasteiger partial charge in [-0.15, -0.1) is 0 Å². The third kappa shape index (κ3) is 2.21. The van der Waals surface area contributed by atoms with E-state index in [2.05, 4.69) is 0 Å². The Morgan fingerprint density at radius 3 is 2.42 bits per heavy atom. The van der Waals surface area contributed by atoms with E-state index in [1.54, 1.807) is 13.8 Å². The first-order valence-electron chi connectivity index (χ1n) is 10.8. The van der Waals surface area contributed by atoms with Gasteiger partial charge in [-0.05, 0) is 55.7 Å². The Morgan fingerprint density at radius 2 is 1.81 bits per heavy atom. The summed E-state index contributed by atoms with van der Waals surface area (Å²) in [7, 11) is 0. The number of fused-ring (bicyclic) bond motifs is 6. The van der Waals surface area contributed by atoms with E-state index >= 15 is 8.78 Å². The fourth-order valence-electron chi connectivity index (χ4n) is 7.77. The van der Waals surface area contributed by atoms with Crippen molar-refractivity contribution in [3.63, 3.8) is 0 Å². The summed E-state index contributed by atoms with van der Waals surface area (Å²) in [6.45, 7) is 5.93. The fourth-order valence-corrected chi connectivity index (χ4v) is 7.77. The Hall–Kier alpha value is -1.67. The van der Waals surface area contributed by atoms with E-state index in [1.807, 2.05) is 0 Å². The number of carbonyl (C=O) groups excluding carboxylic acids is 2. The molecule has 0 aromatic heterocycles. The molecule has 10 atom stereocenters. The van der Waals surface area contributed by atoms with Crippen LogP contribution in [0.4, 0.5) is 13.2 Å². The minimum Gasteiger partial charge on any atom is -0.402 e. The lowest BCUT2D eigenvalue weighted by Crippen LogP contribution is -2.70. The summed E-state index contributed by atoms with van der Waals surface area (Å²) in [6, 6.07) is -2.62. The average Bonchev–Trinajstić information content (AvgIpc) is 3.04. The molecule has 1 spiro atoms. The van der Waals surface area contributed by atoms with Crippen LogP contribution in [0.15, 0.2) is 23.8 Å². The van der Waals surface area contributed by atoms with Gasteiger partial charge in [0.05, 0.1) is 6.10 Å². The zero-order valence-corrected chi connectivity index (χ0v) is 18.0. The van der Waals surface area contributed by atoms with Crippen LogP contribution < -0.4 is 0 Å². The quantitative estimate of drug-likeness (QED) is 0.584. The molecule has 1 aliphatic heterocycles. The van der Waals surface area contributed by atoms with Gasteiger partial charge in [-0.3, -0.25) is 9.53 Å². The van der Waals surface area contributed by atoms with Gasteiger partial charge in [0.15, 0.2) is 17.1 Å². The number of ketones is 1. The lowest BCUT2D eigenvalue weighted by molar-refractivity contribution is -0.290. The highest BCUT2D eigenvalue weighted by Crippen LogP contribution is 2.72. The van der Waals surface area contributed by atoms with Crippen molar-refractivity contribution in [2.75, 3.05) is 0 Å². The standard InChI is InChI=1S/C23H27F3O5/c1-11-7-13-14-9-16(24)15-8-12(27)5-6-19(15,2)22(14,26)17(28)10-20(13,3)23(11)18(29)30-21(4,25)31-23/h5-6,8,11,13-14,16-17,28H,7,9-10H2,1-4H3/t11-,13+,14+,16+,17+,19+,20+,21-,22+,23+/m1/s1. The van der Waals surface area contributed by atoms with E-state index in [4.69, 9.17) is 9.47 Å². The van der Waals surface area contributed by atoms with E-state index in [0.29, 0.717) is 6.42 Å². The Labute approximate surface area is 178 Å². The van der Waals surface area contributed by atoms with Crippen LogP contribution in [0.3, 0.4) is 0 Å². The molecule has 5 aliphatic rings. The zero-order chi connectivity index (χ0) is 22.8. The van der Waals surface area contributed by atoms with Gasteiger partial charge in [0, 0.05) is 23.7 Å². The number of carbonyl (C=O) groups is 2. The van der Waals surface area contributed by atoms with E-state index in [-0.39, 0.29) is 18.4 Å². The maximum Gasteiger partial charge on any atom is 0.363 e. The topological polar surface area (TPSA) is 72.8 Å². The minimum absolute atomic E-state index is 0.0371. The number of cyclic esters (lactones) is 1. The summed E-state index contributed by atoms with van der Waals surface area (Å²) in [4.78, 5) is 24.8. The summed E-state index contributed by atoms with van der Waals surface area (Å²) in [5, 5.41) is 11.2. The van der Waals surface area contributed by atoms with E-state index in [9.17, 15) is 19.1 Å². The van der Waals surface area contributed by atoms with Crippen LogP contribution in [0.25, 0.3) is 0 Å². The molecule has 0 aromatic carbocycles. The number of aliphatic hydroxyl groups excluding tert-OH is 1. The number of hydrogen-bond acceptors (Lipinski definition) is 5. The van der Waals surface area contributed by atoms with Crippen molar-refractivity contribution in [1.82, 2.24) is 0 Å². The number of rotatable bonds is 0. The van der Waals surface area contributed by atoms with Crippen LogP contribution in [0.5, 0.6) is 0 Å². The second kappa shape index (κ2) is 5.81. The number of hydrogen-bond donors (Lipinski definition) is 1. The molecule has 5 rings (SSSR count). The largest absolute Gasteiger partial charge is 0.402 e. The van der Waals surface area contributed by atoms with Gasteiger partial charge in [-0.25, -0.2) is 13.6 Å². The summed E-state index contributed by atoms with van der Waals surface area (Å²) >= 11 is 0. The number of halogens is 3. The lowest BCUT2D eigenvalue weighted by Gasteiger charge is -2.62. The number of ether oxygens (including phenoxy) is 2. The number of allylic oxidation sites excluding steroid dienone is 4. The maximum atomic E-state index is 17.0. The smallest absolute Gasteiger partial charge is 0.363 e. The Bertz CT molecular complexity index is 945. The molecule has 0 unspecified atom stereocenters. The molecule has 5 nitrogen and oxygen atoms in total. The second-order valence-corrected chi connectivity index (χ2v) is 10.6. The van der Waals surface area contributed by atoms with Gasteiger partial charge in [-0.1, -0.05) is 19.9 Å². The van der Waals surface area contributed by atoms with Crippen molar-refractivity contribution < 1.29 is 37.3 Å². The Morgan fingerprint density at radius 1 is 1.13 bits per heavy atom. The summed E-state index contributed by atoms with van der Waals surface area (Å²) < 4.78 is 57.5. The molecular weight excluding hydrogens is 413 g/mol. The first-order chi connectivity index (χ1) is 14.2. The molecule has 0 radical (unpaired) electrons. The van der Waals surface area contributed by atoms with Gasteiger partial charge >= 0.3 is 12.0 Å². The van der Waals surface area contributed by atoms with Crippen molar-refractivity contribution >= 4 is 11.8 Å². The van der Waals surface area contributed by atoms with Crippen LogP contribution in [0.1, 0.15) is 47.0 Å². The van der Waals surface area contributed by atoms with E-state index < -0.39 is 69.9 Å². The van der Waals surface area contributed by atoms with E-state index in [0.717, 1.165) is 13.0 Å².